The van der Waals surface area contributed by atoms with Crippen LogP contribution in [0.2, 0.25) is 0 Å². The van der Waals surface area contributed by atoms with E-state index in [0.29, 0.717) is 6.04 Å². The Morgan fingerprint density at radius 1 is 1.42 bits per heavy atom. The van der Waals surface area contributed by atoms with Crippen LogP contribution in [0.5, 0.6) is 0 Å². The summed E-state index contributed by atoms with van der Waals surface area (Å²) in [6.07, 6.45) is 3.04. The molecule has 1 aromatic rings. The van der Waals surface area contributed by atoms with Crippen molar-refractivity contribution in [2.75, 3.05) is 24.1 Å². The molecule has 3 N–H and O–H groups in total. The summed E-state index contributed by atoms with van der Waals surface area (Å²) in [5, 5.41) is 3.56. The first-order chi connectivity index (χ1) is 11.2. The van der Waals surface area contributed by atoms with Crippen molar-refractivity contribution in [3.8, 4) is 0 Å². The summed E-state index contributed by atoms with van der Waals surface area (Å²) in [6.45, 7) is 7.33. The normalized spacial score (nSPS) is 26.3. The monoisotopic (exact) mass is 443 g/mol. The van der Waals surface area contributed by atoms with Gasteiger partial charge < -0.3 is 20.7 Å². The number of rotatable bonds is 2. The molecule has 2 aliphatic rings. The molecule has 0 bridgehead atoms. The molecule has 1 amide bonds. The number of anilines is 2. The highest BCUT2D eigenvalue weighted by molar-refractivity contribution is 14.1. The number of carbonyl (C=O) groups is 1. The van der Waals surface area contributed by atoms with E-state index in [-0.39, 0.29) is 11.5 Å². The fourth-order valence-electron chi connectivity index (χ4n) is 3.72. The smallest absolute Gasteiger partial charge is 0.410 e. The molecule has 1 aliphatic carbocycles. The number of nitrogens with one attached hydrogen (secondary N) is 1. The van der Waals surface area contributed by atoms with Crippen LogP contribution in [-0.2, 0) is 4.74 Å². The van der Waals surface area contributed by atoms with Crippen LogP contribution in [0, 0.1) is 8.99 Å². The zero-order valence-corrected chi connectivity index (χ0v) is 16.7. The van der Waals surface area contributed by atoms with Gasteiger partial charge in [-0.2, -0.15) is 0 Å². The quantitative estimate of drug-likeness (QED) is 0.534. The third kappa shape index (κ3) is 3.73. The molecule has 1 spiro atoms. The second-order valence-corrected chi connectivity index (χ2v) is 9.26. The van der Waals surface area contributed by atoms with Gasteiger partial charge in [0.25, 0.3) is 0 Å². The molecular weight excluding hydrogens is 417 g/mol. The number of ether oxygens (including phenoxy) is 1. The predicted octanol–water partition coefficient (Wildman–Crippen LogP) is 4.07. The van der Waals surface area contributed by atoms with Crippen molar-refractivity contribution in [1.82, 2.24) is 4.90 Å². The maximum atomic E-state index is 12.2. The van der Waals surface area contributed by atoms with Crippen LogP contribution in [0.3, 0.4) is 0 Å². The lowest BCUT2D eigenvalue weighted by molar-refractivity contribution is 0.0237. The number of nitrogens with zero attached hydrogens (tertiary/aromatic N) is 1. The number of para-hydroxylation sites is 1. The average molecular weight is 443 g/mol. The first-order valence-corrected chi connectivity index (χ1v) is 9.54. The number of carbonyl (C=O) groups excluding carboxylic acids is 1. The molecule has 132 valence electrons. The first-order valence-electron chi connectivity index (χ1n) is 8.46. The standard InChI is InChI=1S/C18H26IN3O2/c1-17(2,3)24-16(23)22-8-7-18(11-22)9-12(10-18)21-14-6-4-5-13(19)15(14)20/h4-6,12,21H,7-11,20H2,1-3H3. The molecule has 1 saturated carbocycles. The van der Waals surface area contributed by atoms with Crippen molar-refractivity contribution in [1.29, 1.82) is 0 Å². The molecule has 6 heteroatoms. The van der Waals surface area contributed by atoms with E-state index in [1.54, 1.807) is 0 Å². The Balaban J connectivity index is 1.53. The zero-order valence-electron chi connectivity index (χ0n) is 14.6. The van der Waals surface area contributed by atoms with Gasteiger partial charge in [0.05, 0.1) is 11.4 Å². The highest BCUT2D eigenvalue weighted by Gasteiger charge is 2.50. The summed E-state index contributed by atoms with van der Waals surface area (Å²) in [6, 6.07) is 6.50. The van der Waals surface area contributed by atoms with Crippen LogP contribution in [0.1, 0.15) is 40.0 Å². The Morgan fingerprint density at radius 3 is 2.79 bits per heavy atom. The van der Waals surface area contributed by atoms with Crippen molar-refractivity contribution in [2.45, 2.75) is 51.7 Å². The van der Waals surface area contributed by atoms with Crippen LogP contribution in [0.15, 0.2) is 18.2 Å². The SMILES string of the molecule is CC(C)(C)OC(=O)N1CCC2(CC(Nc3cccc(I)c3N)C2)C1. The van der Waals surface area contributed by atoms with Crippen molar-refractivity contribution in [2.24, 2.45) is 5.41 Å². The van der Waals surface area contributed by atoms with Crippen molar-refractivity contribution < 1.29 is 9.53 Å². The van der Waals surface area contributed by atoms with E-state index >= 15 is 0 Å². The summed E-state index contributed by atoms with van der Waals surface area (Å²) in [5.41, 5.74) is 7.80. The van der Waals surface area contributed by atoms with Gasteiger partial charge in [0, 0.05) is 22.7 Å². The molecular formula is C18H26IN3O2. The maximum absolute atomic E-state index is 12.2. The summed E-state index contributed by atoms with van der Waals surface area (Å²) in [5.74, 6) is 0. The fourth-order valence-corrected chi connectivity index (χ4v) is 4.22. The second-order valence-electron chi connectivity index (χ2n) is 8.10. The lowest BCUT2D eigenvalue weighted by Gasteiger charge is -2.46. The van der Waals surface area contributed by atoms with Crippen LogP contribution in [0.4, 0.5) is 16.2 Å². The Bertz CT molecular complexity index is 636. The van der Waals surface area contributed by atoms with E-state index in [4.69, 9.17) is 10.5 Å². The Morgan fingerprint density at radius 2 is 2.12 bits per heavy atom. The number of halogens is 1. The van der Waals surface area contributed by atoms with Crippen LogP contribution < -0.4 is 11.1 Å². The molecule has 2 fully saturated rings. The highest BCUT2D eigenvalue weighted by atomic mass is 127. The molecule has 0 aromatic heterocycles. The summed E-state index contributed by atoms with van der Waals surface area (Å²) in [4.78, 5) is 14.1. The van der Waals surface area contributed by atoms with E-state index in [1.165, 1.54) is 0 Å². The predicted molar refractivity (Wildman–Crippen MR) is 105 cm³/mol. The fraction of sp³-hybridized carbons (Fsp3) is 0.611. The summed E-state index contributed by atoms with van der Waals surface area (Å²) >= 11 is 2.26. The molecule has 1 heterocycles. The molecule has 5 nitrogen and oxygen atoms in total. The van der Waals surface area contributed by atoms with E-state index in [9.17, 15) is 4.79 Å². The Hall–Kier alpha value is -1.18. The van der Waals surface area contributed by atoms with Gasteiger partial charge in [-0.15, -0.1) is 0 Å². The van der Waals surface area contributed by atoms with E-state index in [2.05, 4.69) is 27.9 Å². The second kappa shape index (κ2) is 6.28. The van der Waals surface area contributed by atoms with E-state index in [0.717, 1.165) is 47.3 Å². The minimum atomic E-state index is -0.432. The van der Waals surface area contributed by atoms with Crippen molar-refractivity contribution >= 4 is 40.1 Å². The minimum absolute atomic E-state index is 0.183. The Labute approximate surface area is 157 Å². The largest absolute Gasteiger partial charge is 0.444 e. The molecule has 1 saturated heterocycles. The van der Waals surface area contributed by atoms with Crippen LogP contribution in [0.25, 0.3) is 0 Å². The third-order valence-corrected chi connectivity index (χ3v) is 5.80. The van der Waals surface area contributed by atoms with Gasteiger partial charge in [0.1, 0.15) is 5.60 Å². The zero-order chi connectivity index (χ0) is 17.5. The van der Waals surface area contributed by atoms with Gasteiger partial charge in [-0.25, -0.2) is 4.79 Å². The number of hydrogen-bond acceptors (Lipinski definition) is 4. The molecule has 0 unspecified atom stereocenters. The minimum Gasteiger partial charge on any atom is -0.444 e. The molecule has 1 aliphatic heterocycles. The van der Waals surface area contributed by atoms with E-state index < -0.39 is 5.60 Å². The van der Waals surface area contributed by atoms with Gasteiger partial charge in [-0.3, -0.25) is 0 Å². The molecule has 24 heavy (non-hydrogen) atoms. The van der Waals surface area contributed by atoms with E-state index in [1.807, 2.05) is 43.9 Å². The Kier molecular flexibility index (Phi) is 4.61. The van der Waals surface area contributed by atoms with Crippen molar-refractivity contribution in [3.63, 3.8) is 0 Å². The molecule has 0 atom stereocenters. The van der Waals surface area contributed by atoms with Gasteiger partial charge >= 0.3 is 6.09 Å². The van der Waals surface area contributed by atoms with Gasteiger partial charge in [0.15, 0.2) is 0 Å². The highest BCUT2D eigenvalue weighted by Crippen LogP contribution is 2.49. The van der Waals surface area contributed by atoms with Gasteiger partial charge in [0.2, 0.25) is 0 Å². The number of benzene rings is 1. The maximum Gasteiger partial charge on any atom is 0.410 e. The average Bonchev–Trinajstić information content (AvgIpc) is 2.87. The van der Waals surface area contributed by atoms with Crippen molar-refractivity contribution in [3.05, 3.63) is 21.8 Å². The summed E-state index contributed by atoms with van der Waals surface area (Å²) < 4.78 is 6.56. The molecule has 0 radical (unpaired) electrons. The number of likely N-dealkylation sites (tertiary alicyclic amines) is 1. The van der Waals surface area contributed by atoms with Crippen LogP contribution >= 0.6 is 22.6 Å². The number of hydrogen-bond donors (Lipinski definition) is 2. The van der Waals surface area contributed by atoms with Gasteiger partial charge in [-0.1, -0.05) is 6.07 Å². The van der Waals surface area contributed by atoms with Gasteiger partial charge in [-0.05, 0) is 80.2 Å². The molecule has 1 aromatic carbocycles. The number of amides is 1. The third-order valence-electron chi connectivity index (χ3n) is 4.86. The topological polar surface area (TPSA) is 67.6 Å². The lowest BCUT2D eigenvalue weighted by atomic mass is 9.65. The summed E-state index contributed by atoms with van der Waals surface area (Å²) in [7, 11) is 0. The number of nitrogen functional groups attached to an aromatic ring is 1. The first kappa shape index (κ1) is 17.6. The van der Waals surface area contributed by atoms with Crippen LogP contribution in [-0.4, -0.2) is 35.7 Å². The molecule has 3 rings (SSSR count). The lowest BCUT2D eigenvalue weighted by Crippen LogP contribution is -2.47. The number of nitrogens with two attached hydrogens (primary N) is 1.